The van der Waals surface area contributed by atoms with E-state index >= 15 is 0 Å². The predicted octanol–water partition coefficient (Wildman–Crippen LogP) is 4.38. The summed E-state index contributed by atoms with van der Waals surface area (Å²) in [5.41, 5.74) is 2.95. The molecule has 2 aliphatic rings. The van der Waals surface area contributed by atoms with Gasteiger partial charge in [0.15, 0.2) is 0 Å². The number of hydrogen-bond donors (Lipinski definition) is 0. The van der Waals surface area contributed by atoms with E-state index < -0.39 is 0 Å². The summed E-state index contributed by atoms with van der Waals surface area (Å²) in [4.78, 5) is 0. The lowest BCUT2D eigenvalue weighted by Gasteiger charge is -2.15. The van der Waals surface area contributed by atoms with Crippen LogP contribution in [0.3, 0.4) is 0 Å². The predicted molar refractivity (Wildman–Crippen MR) is 77.4 cm³/mol. The van der Waals surface area contributed by atoms with E-state index in [1.165, 1.54) is 45.5 Å². The molecule has 3 aromatic carbocycles. The Morgan fingerprint density at radius 1 is 0.895 bits per heavy atom. The molecule has 2 atom stereocenters. The number of rotatable bonds is 0. The molecule has 19 heavy (non-hydrogen) atoms. The Balaban J connectivity index is 1.91. The van der Waals surface area contributed by atoms with Crippen molar-refractivity contribution in [3.8, 4) is 0 Å². The second-order valence-corrected chi connectivity index (χ2v) is 5.69. The summed E-state index contributed by atoms with van der Waals surface area (Å²) in [6.07, 6.45) is 3.22. The SMILES string of the molecule is c1ccc2cc3c4c(ccc3cc2c1)CC[C@@H]1O[C@H]41. The van der Waals surface area contributed by atoms with E-state index in [2.05, 4.69) is 48.5 Å². The molecule has 1 saturated heterocycles. The van der Waals surface area contributed by atoms with Crippen LogP contribution in [0.4, 0.5) is 0 Å². The van der Waals surface area contributed by atoms with Gasteiger partial charge >= 0.3 is 0 Å². The van der Waals surface area contributed by atoms with Crippen LogP contribution in [0.2, 0.25) is 0 Å². The first-order valence-corrected chi connectivity index (χ1v) is 7.00. The minimum atomic E-state index is 0.369. The van der Waals surface area contributed by atoms with Gasteiger partial charge in [0.05, 0.1) is 6.10 Å². The number of fused-ring (bicyclic) bond motifs is 6. The van der Waals surface area contributed by atoms with Crippen LogP contribution in [-0.4, -0.2) is 6.10 Å². The largest absolute Gasteiger partial charge is 0.364 e. The summed E-state index contributed by atoms with van der Waals surface area (Å²) in [7, 11) is 0. The molecule has 1 heteroatoms. The molecule has 5 rings (SSSR count). The van der Waals surface area contributed by atoms with Gasteiger partial charge in [0, 0.05) is 0 Å². The van der Waals surface area contributed by atoms with Crippen molar-refractivity contribution in [3.05, 3.63) is 59.7 Å². The zero-order chi connectivity index (χ0) is 12.4. The van der Waals surface area contributed by atoms with Crippen LogP contribution < -0.4 is 0 Å². The van der Waals surface area contributed by atoms with Gasteiger partial charge < -0.3 is 4.74 Å². The van der Waals surface area contributed by atoms with Crippen molar-refractivity contribution in [1.82, 2.24) is 0 Å². The van der Waals surface area contributed by atoms with Gasteiger partial charge in [-0.3, -0.25) is 0 Å². The fraction of sp³-hybridized carbons (Fsp3) is 0.222. The van der Waals surface area contributed by atoms with Crippen molar-refractivity contribution in [1.29, 1.82) is 0 Å². The van der Waals surface area contributed by atoms with E-state index in [0.29, 0.717) is 12.2 Å². The second kappa shape index (κ2) is 3.37. The zero-order valence-corrected chi connectivity index (χ0v) is 10.6. The van der Waals surface area contributed by atoms with E-state index in [1.807, 2.05) is 0 Å². The maximum atomic E-state index is 5.82. The lowest BCUT2D eigenvalue weighted by Crippen LogP contribution is -2.04. The average Bonchev–Trinajstić information content (AvgIpc) is 3.24. The van der Waals surface area contributed by atoms with Crippen LogP contribution in [-0.2, 0) is 11.2 Å². The molecule has 0 amide bonds. The first kappa shape index (κ1) is 9.99. The quantitative estimate of drug-likeness (QED) is 0.423. The van der Waals surface area contributed by atoms with Gasteiger partial charge in [0.1, 0.15) is 6.10 Å². The Labute approximate surface area is 111 Å². The minimum absolute atomic E-state index is 0.369. The summed E-state index contributed by atoms with van der Waals surface area (Å²) < 4.78 is 5.82. The van der Waals surface area contributed by atoms with Crippen molar-refractivity contribution in [2.45, 2.75) is 25.0 Å². The van der Waals surface area contributed by atoms with Crippen LogP contribution in [0, 0.1) is 0 Å². The van der Waals surface area contributed by atoms with Gasteiger partial charge in [-0.15, -0.1) is 0 Å². The molecule has 92 valence electrons. The van der Waals surface area contributed by atoms with Gasteiger partial charge in [-0.1, -0.05) is 36.4 Å². The molecule has 1 heterocycles. The fourth-order valence-corrected chi connectivity index (χ4v) is 3.55. The highest BCUT2D eigenvalue weighted by molar-refractivity contribution is 6.00. The van der Waals surface area contributed by atoms with Crippen LogP contribution in [0.15, 0.2) is 48.5 Å². The molecular weight excluding hydrogens is 232 g/mol. The summed E-state index contributed by atoms with van der Waals surface area (Å²) in [5.74, 6) is 0. The molecule has 1 nitrogen and oxygen atoms in total. The Morgan fingerprint density at radius 2 is 1.74 bits per heavy atom. The number of ether oxygens (including phenoxy) is 1. The molecule has 0 saturated carbocycles. The molecular formula is C18H14O. The van der Waals surface area contributed by atoms with Gasteiger partial charge in [-0.05, 0) is 57.6 Å². The molecule has 0 N–H and O–H groups in total. The molecule has 0 bridgehead atoms. The van der Waals surface area contributed by atoms with Crippen molar-refractivity contribution < 1.29 is 4.74 Å². The normalized spacial score (nSPS) is 24.2. The van der Waals surface area contributed by atoms with Crippen LogP contribution in [0.5, 0.6) is 0 Å². The maximum absolute atomic E-state index is 5.82. The van der Waals surface area contributed by atoms with Gasteiger partial charge in [0.25, 0.3) is 0 Å². The van der Waals surface area contributed by atoms with Crippen molar-refractivity contribution >= 4 is 21.5 Å². The van der Waals surface area contributed by atoms with E-state index in [4.69, 9.17) is 4.74 Å². The van der Waals surface area contributed by atoms with Crippen LogP contribution >= 0.6 is 0 Å². The summed E-state index contributed by atoms with van der Waals surface area (Å²) in [6.45, 7) is 0. The third-order valence-electron chi connectivity index (χ3n) is 4.58. The van der Waals surface area contributed by atoms with Gasteiger partial charge in [-0.2, -0.15) is 0 Å². The summed E-state index contributed by atoms with van der Waals surface area (Å²) in [6, 6.07) is 17.8. The van der Waals surface area contributed by atoms with Crippen molar-refractivity contribution in [2.24, 2.45) is 0 Å². The lowest BCUT2D eigenvalue weighted by molar-refractivity contribution is 0.373. The highest BCUT2D eigenvalue weighted by atomic mass is 16.6. The van der Waals surface area contributed by atoms with Gasteiger partial charge in [0.2, 0.25) is 0 Å². The molecule has 0 spiro atoms. The van der Waals surface area contributed by atoms with Crippen molar-refractivity contribution in [3.63, 3.8) is 0 Å². The topological polar surface area (TPSA) is 12.5 Å². The maximum Gasteiger partial charge on any atom is 0.110 e. The Bertz CT molecular complexity index is 818. The molecule has 1 aliphatic carbocycles. The van der Waals surface area contributed by atoms with Crippen LogP contribution in [0.1, 0.15) is 23.7 Å². The van der Waals surface area contributed by atoms with Crippen LogP contribution in [0.25, 0.3) is 21.5 Å². The smallest absolute Gasteiger partial charge is 0.110 e. The first-order chi connectivity index (χ1) is 9.40. The molecule has 0 unspecified atom stereocenters. The number of hydrogen-bond acceptors (Lipinski definition) is 1. The Kier molecular flexibility index (Phi) is 1.77. The Morgan fingerprint density at radius 3 is 2.63 bits per heavy atom. The highest BCUT2D eigenvalue weighted by Gasteiger charge is 2.44. The third kappa shape index (κ3) is 1.34. The minimum Gasteiger partial charge on any atom is -0.364 e. The monoisotopic (exact) mass is 246 g/mol. The van der Waals surface area contributed by atoms with E-state index in [0.717, 1.165) is 0 Å². The highest BCUT2D eigenvalue weighted by Crippen LogP contribution is 2.49. The molecule has 3 aromatic rings. The summed E-state index contributed by atoms with van der Waals surface area (Å²) >= 11 is 0. The average molecular weight is 246 g/mol. The van der Waals surface area contributed by atoms with Crippen molar-refractivity contribution in [2.75, 3.05) is 0 Å². The molecule has 1 aliphatic heterocycles. The first-order valence-electron chi connectivity index (χ1n) is 7.00. The summed E-state index contributed by atoms with van der Waals surface area (Å²) in [5, 5.41) is 5.38. The van der Waals surface area contributed by atoms with Gasteiger partial charge in [-0.25, -0.2) is 0 Å². The molecule has 0 aromatic heterocycles. The molecule has 1 fully saturated rings. The number of epoxide rings is 1. The third-order valence-corrected chi connectivity index (χ3v) is 4.58. The van der Waals surface area contributed by atoms with E-state index in [1.54, 1.807) is 0 Å². The fourth-order valence-electron chi connectivity index (χ4n) is 3.55. The number of benzene rings is 3. The Hall–Kier alpha value is -1.86. The standard InChI is InChI=1S/C18H14O/c1-2-4-13-10-15-14(9-12(13)3-1)6-5-11-7-8-16-18(19-16)17(11)15/h1-6,9-10,16,18H,7-8H2/t16-,18-/m0/s1. The lowest BCUT2D eigenvalue weighted by atomic mass is 9.87. The molecule has 0 radical (unpaired) electrons. The van der Waals surface area contributed by atoms with E-state index in [9.17, 15) is 0 Å². The zero-order valence-electron chi connectivity index (χ0n) is 10.6. The second-order valence-electron chi connectivity index (χ2n) is 5.69. The number of aryl methyl sites for hydroxylation is 1. The van der Waals surface area contributed by atoms with E-state index in [-0.39, 0.29) is 0 Å².